The largest absolute Gasteiger partial charge is 0.369 e. The molecule has 0 saturated carbocycles. The van der Waals surface area contributed by atoms with Crippen LogP contribution in [0.4, 0.5) is 11.4 Å². The van der Waals surface area contributed by atoms with Crippen LogP contribution in [-0.2, 0) is 14.8 Å². The van der Waals surface area contributed by atoms with Crippen LogP contribution >= 0.6 is 0 Å². The number of hydrogen-bond donors (Lipinski definition) is 1. The van der Waals surface area contributed by atoms with E-state index in [4.69, 9.17) is 5.73 Å². The van der Waals surface area contributed by atoms with Crippen LogP contribution in [0.5, 0.6) is 0 Å². The lowest BCUT2D eigenvalue weighted by Gasteiger charge is -2.38. The van der Waals surface area contributed by atoms with Crippen LogP contribution in [0.2, 0.25) is 0 Å². The lowest BCUT2D eigenvalue weighted by molar-refractivity contribution is -0.387. The van der Waals surface area contributed by atoms with Crippen LogP contribution in [0.25, 0.3) is 0 Å². The third-order valence-electron chi connectivity index (χ3n) is 4.77. The smallest absolute Gasteiger partial charge is 0.290 e. The molecule has 0 radical (unpaired) electrons. The Balaban J connectivity index is 2.26. The fourth-order valence-corrected chi connectivity index (χ4v) is 5.70. The highest BCUT2D eigenvalue weighted by atomic mass is 32.2. The first-order chi connectivity index (χ1) is 12.7. The third-order valence-corrected chi connectivity index (χ3v) is 6.90. The van der Waals surface area contributed by atoms with Crippen LogP contribution in [0.1, 0.15) is 30.4 Å². The van der Waals surface area contributed by atoms with Gasteiger partial charge in [0.1, 0.15) is 0 Å². The molecule has 1 aliphatic heterocycles. The van der Waals surface area contributed by atoms with Crippen LogP contribution in [0.15, 0.2) is 47.4 Å². The van der Waals surface area contributed by atoms with Crippen LogP contribution in [-0.4, -0.2) is 25.3 Å². The predicted molar refractivity (Wildman–Crippen MR) is 100.0 cm³/mol. The minimum absolute atomic E-state index is 0.200. The molecule has 2 N–H and O–H groups in total. The molecule has 1 aliphatic rings. The summed E-state index contributed by atoms with van der Waals surface area (Å²) in [5, 5.41) is 11.4. The van der Waals surface area contributed by atoms with Crippen LogP contribution in [0, 0.1) is 17.0 Å². The molecule has 0 spiro atoms. The number of benzene rings is 2. The average Bonchev–Trinajstić information content (AvgIpc) is 2.59. The number of aryl methyl sites for hydroxylation is 1. The zero-order valence-corrected chi connectivity index (χ0v) is 15.6. The monoisotopic (exact) mass is 389 g/mol. The number of amides is 1. The number of para-hydroxylation sites is 1. The quantitative estimate of drug-likeness (QED) is 0.635. The number of rotatable bonds is 4. The van der Waals surface area contributed by atoms with Crippen LogP contribution < -0.4 is 10.0 Å². The van der Waals surface area contributed by atoms with Crippen molar-refractivity contribution in [2.75, 3.05) is 4.31 Å². The Hall–Kier alpha value is -2.94. The van der Waals surface area contributed by atoms with Gasteiger partial charge in [0.2, 0.25) is 5.91 Å². The van der Waals surface area contributed by atoms with Crippen molar-refractivity contribution in [3.8, 4) is 0 Å². The molecule has 2 unspecified atom stereocenters. The maximum atomic E-state index is 13.5. The van der Waals surface area contributed by atoms with Gasteiger partial charge >= 0.3 is 0 Å². The van der Waals surface area contributed by atoms with Gasteiger partial charge in [-0.1, -0.05) is 30.3 Å². The number of nitro groups is 1. The molecule has 1 amide bonds. The maximum absolute atomic E-state index is 13.5. The predicted octanol–water partition coefficient (Wildman–Crippen LogP) is 2.46. The van der Waals surface area contributed by atoms with Crippen LogP contribution in [0.3, 0.4) is 0 Å². The van der Waals surface area contributed by atoms with Crippen molar-refractivity contribution < 1.29 is 18.1 Å². The van der Waals surface area contributed by atoms with Gasteiger partial charge in [-0.2, -0.15) is 0 Å². The Morgan fingerprint density at radius 1 is 1.22 bits per heavy atom. The third kappa shape index (κ3) is 3.03. The number of nitrogens with zero attached hydrogens (tertiary/aromatic N) is 2. The van der Waals surface area contributed by atoms with Gasteiger partial charge in [-0.3, -0.25) is 19.2 Å². The van der Waals surface area contributed by atoms with Gasteiger partial charge in [0.05, 0.1) is 16.5 Å². The van der Waals surface area contributed by atoms with Crippen molar-refractivity contribution in [2.24, 2.45) is 5.73 Å². The van der Waals surface area contributed by atoms with Gasteiger partial charge in [0.25, 0.3) is 15.7 Å². The Morgan fingerprint density at radius 2 is 1.89 bits per heavy atom. The summed E-state index contributed by atoms with van der Waals surface area (Å²) in [6.45, 7) is 3.18. The normalized spacial score (nSPS) is 19.4. The molecular formula is C18H19N3O5S. The molecule has 1 heterocycles. The molecule has 2 aromatic rings. The summed E-state index contributed by atoms with van der Waals surface area (Å²) in [6, 6.07) is 10.1. The van der Waals surface area contributed by atoms with Gasteiger partial charge < -0.3 is 5.73 Å². The number of carbonyl (C=O) groups is 1. The Bertz CT molecular complexity index is 1040. The van der Waals surface area contributed by atoms with E-state index in [1.807, 2.05) is 0 Å². The molecule has 0 bridgehead atoms. The standard InChI is InChI=1S/C18H19N3O5S/c1-11-6-5-9-16(21(23)24)17(11)27(25,26)20-12(2)10-14(18(19)22)13-7-3-4-8-15(13)20/h3-9,12,14H,10H2,1-2H3,(H2,19,22). The second-order valence-electron chi connectivity index (χ2n) is 6.58. The number of anilines is 1. The van der Waals surface area contributed by atoms with Crippen molar-refractivity contribution >= 4 is 27.3 Å². The molecule has 8 nitrogen and oxygen atoms in total. The van der Waals surface area contributed by atoms with E-state index in [1.165, 1.54) is 25.1 Å². The number of sulfonamides is 1. The zero-order valence-electron chi connectivity index (χ0n) is 14.8. The highest BCUT2D eigenvalue weighted by Gasteiger charge is 2.42. The van der Waals surface area contributed by atoms with Gasteiger partial charge in [-0.15, -0.1) is 0 Å². The molecule has 0 aliphatic carbocycles. The Labute approximate surface area is 156 Å². The molecule has 9 heteroatoms. The lowest BCUT2D eigenvalue weighted by atomic mass is 9.87. The number of primary amides is 1. The molecule has 0 fully saturated rings. The van der Waals surface area contributed by atoms with Gasteiger partial charge in [-0.05, 0) is 37.5 Å². The van der Waals surface area contributed by atoms with Crippen molar-refractivity contribution in [1.29, 1.82) is 0 Å². The molecule has 0 saturated heterocycles. The second kappa shape index (κ2) is 6.66. The van der Waals surface area contributed by atoms with Gasteiger partial charge in [0, 0.05) is 12.1 Å². The van der Waals surface area contributed by atoms with E-state index < -0.39 is 38.5 Å². The number of carbonyl (C=O) groups excluding carboxylic acids is 1. The summed E-state index contributed by atoms with van der Waals surface area (Å²) >= 11 is 0. The summed E-state index contributed by atoms with van der Waals surface area (Å²) in [5.41, 5.74) is 6.13. The molecule has 2 aromatic carbocycles. The molecule has 3 rings (SSSR count). The highest BCUT2D eigenvalue weighted by Crippen LogP contribution is 2.42. The van der Waals surface area contributed by atoms with Crippen molar-refractivity contribution in [1.82, 2.24) is 0 Å². The van der Waals surface area contributed by atoms with E-state index >= 15 is 0 Å². The number of nitrogens with two attached hydrogens (primary N) is 1. The molecule has 2 atom stereocenters. The topological polar surface area (TPSA) is 124 Å². The first-order valence-electron chi connectivity index (χ1n) is 8.33. The van der Waals surface area contributed by atoms with E-state index in [0.717, 1.165) is 4.31 Å². The van der Waals surface area contributed by atoms with E-state index in [-0.39, 0.29) is 16.9 Å². The second-order valence-corrected chi connectivity index (χ2v) is 8.33. The zero-order chi connectivity index (χ0) is 19.9. The number of nitro benzene ring substituents is 1. The van der Waals surface area contributed by atoms with E-state index in [1.54, 1.807) is 31.2 Å². The number of fused-ring (bicyclic) bond motifs is 1. The lowest BCUT2D eigenvalue weighted by Crippen LogP contribution is -2.45. The Kier molecular flexibility index (Phi) is 4.64. The van der Waals surface area contributed by atoms with E-state index in [2.05, 4.69) is 0 Å². The molecule has 27 heavy (non-hydrogen) atoms. The minimum atomic E-state index is -4.24. The van der Waals surface area contributed by atoms with Gasteiger partial charge in [0.15, 0.2) is 4.90 Å². The first-order valence-corrected chi connectivity index (χ1v) is 9.77. The van der Waals surface area contributed by atoms with Gasteiger partial charge in [-0.25, -0.2) is 8.42 Å². The molecule has 142 valence electrons. The summed E-state index contributed by atoms with van der Waals surface area (Å²) in [4.78, 5) is 22.2. The SMILES string of the molecule is Cc1cccc([N+](=O)[O-])c1S(=O)(=O)N1c2ccccc2C(C(N)=O)CC1C. The average molecular weight is 389 g/mol. The minimum Gasteiger partial charge on any atom is -0.369 e. The number of hydrogen-bond acceptors (Lipinski definition) is 5. The molecule has 0 aromatic heterocycles. The van der Waals surface area contributed by atoms with Crippen molar-refractivity contribution in [3.63, 3.8) is 0 Å². The highest BCUT2D eigenvalue weighted by molar-refractivity contribution is 7.93. The van der Waals surface area contributed by atoms with Crippen molar-refractivity contribution in [3.05, 3.63) is 63.7 Å². The summed E-state index contributed by atoms with van der Waals surface area (Å²) in [6.07, 6.45) is 0.200. The summed E-state index contributed by atoms with van der Waals surface area (Å²) < 4.78 is 28.1. The maximum Gasteiger partial charge on any atom is 0.290 e. The van der Waals surface area contributed by atoms with Crippen molar-refractivity contribution in [2.45, 2.75) is 37.1 Å². The van der Waals surface area contributed by atoms with E-state index in [0.29, 0.717) is 11.3 Å². The molecular weight excluding hydrogens is 370 g/mol. The Morgan fingerprint density at radius 3 is 2.52 bits per heavy atom. The fraction of sp³-hybridized carbons (Fsp3) is 0.278. The first kappa shape index (κ1) is 18.8. The summed E-state index contributed by atoms with van der Waals surface area (Å²) in [5.74, 6) is -1.15. The fourth-order valence-electron chi connectivity index (χ4n) is 3.63. The van der Waals surface area contributed by atoms with E-state index in [9.17, 15) is 23.3 Å². The summed E-state index contributed by atoms with van der Waals surface area (Å²) in [7, 11) is -4.24.